The predicted octanol–water partition coefficient (Wildman–Crippen LogP) is 3.75. The van der Waals surface area contributed by atoms with E-state index in [0.717, 1.165) is 32.6 Å². The Kier molecular flexibility index (Phi) is 4.78. The molecule has 0 aliphatic heterocycles. The number of rotatable bonds is 4. The van der Waals surface area contributed by atoms with E-state index in [4.69, 9.17) is 4.74 Å². The summed E-state index contributed by atoms with van der Waals surface area (Å²) in [5, 5.41) is 10.3. The van der Waals surface area contributed by atoms with E-state index in [1.807, 2.05) is 38.1 Å². The number of aliphatic hydroxyl groups is 1. The smallest absolute Gasteiger partial charge is 0.128 e. The van der Waals surface area contributed by atoms with E-state index in [1.54, 1.807) is 13.3 Å². The topological polar surface area (TPSA) is 42.4 Å². The number of aryl methyl sites for hydroxylation is 1. The molecule has 0 aliphatic carbocycles. The summed E-state index contributed by atoms with van der Waals surface area (Å²) in [5.41, 5.74) is 3.74. The summed E-state index contributed by atoms with van der Waals surface area (Å²) in [4.78, 5) is 4.42. The van der Waals surface area contributed by atoms with Gasteiger partial charge in [-0.15, -0.1) is 0 Å². The van der Waals surface area contributed by atoms with Crippen LogP contribution in [0, 0.1) is 13.8 Å². The highest BCUT2D eigenvalue weighted by Crippen LogP contribution is 2.27. The zero-order valence-corrected chi connectivity index (χ0v) is 13.4. The van der Waals surface area contributed by atoms with Crippen molar-refractivity contribution >= 4 is 15.9 Å². The molecule has 1 unspecified atom stereocenters. The highest BCUT2D eigenvalue weighted by atomic mass is 79.9. The van der Waals surface area contributed by atoms with Crippen LogP contribution in [-0.4, -0.2) is 17.2 Å². The third-order valence-corrected chi connectivity index (χ3v) is 3.92. The van der Waals surface area contributed by atoms with Crippen molar-refractivity contribution in [1.82, 2.24) is 4.98 Å². The maximum absolute atomic E-state index is 10.3. The Bertz CT molecular complexity index is 596. The minimum atomic E-state index is -0.568. The summed E-state index contributed by atoms with van der Waals surface area (Å²) in [6.45, 7) is 3.94. The third-order valence-electron chi connectivity index (χ3n) is 3.39. The van der Waals surface area contributed by atoms with Crippen LogP contribution in [0.1, 0.15) is 28.5 Å². The first kappa shape index (κ1) is 15.0. The zero-order chi connectivity index (χ0) is 14.7. The van der Waals surface area contributed by atoms with Crippen LogP contribution in [0.2, 0.25) is 0 Å². The van der Waals surface area contributed by atoms with Crippen LogP contribution in [0.4, 0.5) is 0 Å². The van der Waals surface area contributed by atoms with Crippen molar-refractivity contribution in [2.24, 2.45) is 0 Å². The van der Waals surface area contributed by atoms with Gasteiger partial charge in [0.05, 0.1) is 13.2 Å². The normalized spacial score (nSPS) is 12.2. The Morgan fingerprint density at radius 1 is 1.25 bits per heavy atom. The van der Waals surface area contributed by atoms with Crippen molar-refractivity contribution < 1.29 is 9.84 Å². The molecule has 0 bridgehead atoms. The fourth-order valence-corrected chi connectivity index (χ4v) is 2.53. The van der Waals surface area contributed by atoms with E-state index in [0.29, 0.717) is 6.42 Å². The van der Waals surface area contributed by atoms with Crippen LogP contribution in [0.5, 0.6) is 5.75 Å². The lowest BCUT2D eigenvalue weighted by atomic mass is 10.0. The van der Waals surface area contributed by atoms with E-state index < -0.39 is 6.10 Å². The van der Waals surface area contributed by atoms with Crippen molar-refractivity contribution in [3.63, 3.8) is 0 Å². The predicted molar refractivity (Wildman–Crippen MR) is 83.1 cm³/mol. The number of benzene rings is 1. The van der Waals surface area contributed by atoms with Crippen LogP contribution < -0.4 is 4.74 Å². The molecule has 0 saturated carbocycles. The molecule has 0 fully saturated rings. The molecule has 1 aromatic heterocycles. The number of ether oxygens (including phenoxy) is 1. The van der Waals surface area contributed by atoms with Gasteiger partial charge in [-0.2, -0.15) is 0 Å². The second-order valence-electron chi connectivity index (χ2n) is 4.82. The molecule has 0 spiro atoms. The number of nitrogens with zero attached hydrogens (tertiary/aromatic N) is 1. The molecule has 106 valence electrons. The van der Waals surface area contributed by atoms with Crippen molar-refractivity contribution in [2.45, 2.75) is 26.4 Å². The first-order chi connectivity index (χ1) is 9.52. The Morgan fingerprint density at radius 2 is 1.90 bits per heavy atom. The van der Waals surface area contributed by atoms with Gasteiger partial charge >= 0.3 is 0 Å². The van der Waals surface area contributed by atoms with E-state index in [2.05, 4.69) is 20.9 Å². The molecular formula is C16H18BrNO2. The highest BCUT2D eigenvalue weighted by Gasteiger charge is 2.14. The minimum absolute atomic E-state index is 0.476. The Labute approximate surface area is 127 Å². The molecule has 1 atom stereocenters. The Hall–Kier alpha value is -1.39. The fraction of sp³-hybridized carbons (Fsp3) is 0.312. The van der Waals surface area contributed by atoms with Gasteiger partial charge in [-0.25, -0.2) is 0 Å². The molecule has 20 heavy (non-hydrogen) atoms. The summed E-state index contributed by atoms with van der Waals surface area (Å²) in [6.07, 6.45) is 1.70. The largest absolute Gasteiger partial charge is 0.496 e. The van der Waals surface area contributed by atoms with Gasteiger partial charge < -0.3 is 9.84 Å². The molecule has 1 aromatic carbocycles. The van der Waals surface area contributed by atoms with Gasteiger partial charge in [0, 0.05) is 33.9 Å². The lowest BCUT2D eigenvalue weighted by Crippen LogP contribution is -2.06. The Balaban J connectivity index is 2.23. The summed E-state index contributed by atoms with van der Waals surface area (Å²) >= 11 is 3.39. The highest BCUT2D eigenvalue weighted by molar-refractivity contribution is 9.10. The van der Waals surface area contributed by atoms with E-state index >= 15 is 0 Å². The van der Waals surface area contributed by atoms with Crippen molar-refractivity contribution in [2.75, 3.05) is 7.11 Å². The fourth-order valence-electron chi connectivity index (χ4n) is 2.26. The number of aliphatic hydroxyl groups excluding tert-OH is 1. The van der Waals surface area contributed by atoms with Crippen molar-refractivity contribution in [1.29, 1.82) is 0 Å². The van der Waals surface area contributed by atoms with Crippen molar-refractivity contribution in [3.05, 3.63) is 57.3 Å². The molecule has 1 N–H and O–H groups in total. The Morgan fingerprint density at radius 3 is 2.50 bits per heavy atom. The first-order valence-electron chi connectivity index (χ1n) is 6.45. The molecule has 0 amide bonds. The maximum Gasteiger partial charge on any atom is 0.128 e. The molecule has 3 nitrogen and oxygen atoms in total. The molecule has 2 aromatic rings. The SMILES string of the molecule is COc1c(C)cnc(CC(O)c2ccc(Br)cc2)c1C. The van der Waals surface area contributed by atoms with Gasteiger partial charge in [-0.05, 0) is 31.5 Å². The summed E-state index contributed by atoms with van der Waals surface area (Å²) in [5.74, 6) is 0.845. The molecule has 4 heteroatoms. The van der Waals surface area contributed by atoms with E-state index in [-0.39, 0.29) is 0 Å². The number of hydrogen-bond donors (Lipinski definition) is 1. The standard InChI is InChI=1S/C16H18BrNO2/c1-10-9-18-14(11(2)16(10)20-3)8-15(19)12-4-6-13(17)7-5-12/h4-7,9,15,19H,8H2,1-3H3. The van der Waals surface area contributed by atoms with Crippen LogP contribution in [0.3, 0.4) is 0 Å². The molecule has 0 saturated heterocycles. The quantitative estimate of drug-likeness (QED) is 0.925. The number of halogens is 1. The number of hydrogen-bond acceptors (Lipinski definition) is 3. The zero-order valence-electron chi connectivity index (χ0n) is 11.9. The minimum Gasteiger partial charge on any atom is -0.496 e. The lowest BCUT2D eigenvalue weighted by molar-refractivity contribution is 0.177. The molecule has 0 aliphatic rings. The van der Waals surface area contributed by atoms with E-state index in [1.165, 1.54) is 0 Å². The maximum atomic E-state index is 10.3. The van der Waals surface area contributed by atoms with E-state index in [9.17, 15) is 5.11 Å². The van der Waals surface area contributed by atoms with Gasteiger partial charge in [-0.1, -0.05) is 28.1 Å². The van der Waals surface area contributed by atoms with Gasteiger partial charge in [0.2, 0.25) is 0 Å². The van der Waals surface area contributed by atoms with Gasteiger partial charge in [0.25, 0.3) is 0 Å². The monoisotopic (exact) mass is 335 g/mol. The van der Waals surface area contributed by atoms with Gasteiger partial charge in [0.1, 0.15) is 5.75 Å². The first-order valence-corrected chi connectivity index (χ1v) is 7.24. The van der Waals surface area contributed by atoms with Crippen LogP contribution in [0.25, 0.3) is 0 Å². The summed E-state index contributed by atoms with van der Waals surface area (Å²) in [7, 11) is 1.66. The third kappa shape index (κ3) is 3.19. The molecule has 0 radical (unpaired) electrons. The average Bonchev–Trinajstić information content (AvgIpc) is 2.43. The van der Waals surface area contributed by atoms with Gasteiger partial charge in [0.15, 0.2) is 0 Å². The summed E-state index contributed by atoms with van der Waals surface area (Å²) < 4.78 is 6.39. The van der Waals surface area contributed by atoms with Crippen molar-refractivity contribution in [3.8, 4) is 5.75 Å². The second-order valence-corrected chi connectivity index (χ2v) is 5.73. The second kappa shape index (κ2) is 6.37. The number of methoxy groups -OCH3 is 1. The average molecular weight is 336 g/mol. The summed E-state index contributed by atoms with van der Waals surface area (Å²) in [6, 6.07) is 7.67. The number of aromatic nitrogens is 1. The number of pyridine rings is 1. The van der Waals surface area contributed by atoms with Gasteiger partial charge in [-0.3, -0.25) is 4.98 Å². The molecular weight excluding hydrogens is 318 g/mol. The van der Waals surface area contributed by atoms with Crippen LogP contribution >= 0.6 is 15.9 Å². The molecule has 1 heterocycles. The van der Waals surface area contributed by atoms with Crippen LogP contribution in [0.15, 0.2) is 34.9 Å². The van der Waals surface area contributed by atoms with Crippen LogP contribution in [-0.2, 0) is 6.42 Å². The molecule has 2 rings (SSSR count). The lowest BCUT2D eigenvalue weighted by Gasteiger charge is -2.15.